The summed E-state index contributed by atoms with van der Waals surface area (Å²) >= 11 is 0. The number of esters is 1. The SMILES string of the molecule is COC(=O)[C@H](NC(=O)c1ccccc1N=Cc1c(O)ccc2ccccc12)c1ccccc1. The van der Waals surface area contributed by atoms with Crippen LogP contribution in [0.2, 0.25) is 0 Å². The highest BCUT2D eigenvalue weighted by Crippen LogP contribution is 2.27. The van der Waals surface area contributed by atoms with Gasteiger partial charge in [-0.25, -0.2) is 4.79 Å². The van der Waals surface area contributed by atoms with E-state index in [1.54, 1.807) is 60.8 Å². The first-order valence-corrected chi connectivity index (χ1v) is 10.4. The van der Waals surface area contributed by atoms with Crippen LogP contribution in [0.1, 0.15) is 27.5 Å². The number of methoxy groups -OCH3 is 1. The number of aromatic hydroxyl groups is 1. The molecular formula is C27H22N2O4. The van der Waals surface area contributed by atoms with Crippen molar-refractivity contribution in [2.75, 3.05) is 7.11 Å². The van der Waals surface area contributed by atoms with Gasteiger partial charge in [-0.05, 0) is 34.5 Å². The monoisotopic (exact) mass is 438 g/mol. The van der Waals surface area contributed by atoms with E-state index in [0.29, 0.717) is 22.4 Å². The van der Waals surface area contributed by atoms with Gasteiger partial charge in [-0.15, -0.1) is 0 Å². The predicted molar refractivity (Wildman–Crippen MR) is 128 cm³/mol. The Bertz CT molecular complexity index is 1330. The third kappa shape index (κ3) is 4.75. The maximum Gasteiger partial charge on any atom is 0.333 e. The Labute approximate surface area is 191 Å². The first-order chi connectivity index (χ1) is 16.1. The van der Waals surface area contributed by atoms with Gasteiger partial charge in [0, 0.05) is 11.8 Å². The maximum atomic E-state index is 13.1. The van der Waals surface area contributed by atoms with E-state index in [-0.39, 0.29) is 5.75 Å². The van der Waals surface area contributed by atoms with E-state index in [0.717, 1.165) is 10.8 Å². The van der Waals surface area contributed by atoms with Crippen molar-refractivity contribution in [3.8, 4) is 5.75 Å². The third-order valence-corrected chi connectivity index (χ3v) is 5.27. The highest BCUT2D eigenvalue weighted by Gasteiger charge is 2.24. The molecule has 0 heterocycles. The predicted octanol–water partition coefficient (Wildman–Crippen LogP) is 4.94. The zero-order chi connectivity index (χ0) is 23.2. The number of phenols is 1. The summed E-state index contributed by atoms with van der Waals surface area (Å²) in [7, 11) is 1.28. The van der Waals surface area contributed by atoms with E-state index in [4.69, 9.17) is 4.74 Å². The molecular weight excluding hydrogens is 416 g/mol. The van der Waals surface area contributed by atoms with Gasteiger partial charge in [0.1, 0.15) is 5.75 Å². The Morgan fingerprint density at radius 3 is 2.39 bits per heavy atom. The van der Waals surface area contributed by atoms with Crippen LogP contribution in [0.25, 0.3) is 10.8 Å². The fourth-order valence-electron chi connectivity index (χ4n) is 3.58. The van der Waals surface area contributed by atoms with Crippen molar-refractivity contribution in [3.05, 3.63) is 108 Å². The van der Waals surface area contributed by atoms with Crippen molar-refractivity contribution in [1.29, 1.82) is 0 Å². The van der Waals surface area contributed by atoms with Crippen LogP contribution < -0.4 is 5.32 Å². The molecule has 164 valence electrons. The van der Waals surface area contributed by atoms with Gasteiger partial charge >= 0.3 is 5.97 Å². The minimum atomic E-state index is -0.956. The number of amides is 1. The van der Waals surface area contributed by atoms with Crippen LogP contribution in [-0.4, -0.2) is 30.3 Å². The lowest BCUT2D eigenvalue weighted by molar-refractivity contribution is -0.143. The number of carbonyl (C=O) groups excluding carboxylic acids is 2. The quantitative estimate of drug-likeness (QED) is 0.330. The normalized spacial score (nSPS) is 11.9. The number of rotatable bonds is 6. The Balaban J connectivity index is 1.66. The number of hydrogen-bond acceptors (Lipinski definition) is 5. The number of carbonyl (C=O) groups is 2. The Morgan fingerprint density at radius 2 is 1.61 bits per heavy atom. The van der Waals surface area contributed by atoms with Gasteiger partial charge in [-0.1, -0.05) is 72.8 Å². The number of nitrogens with zero attached hydrogens (tertiary/aromatic N) is 1. The van der Waals surface area contributed by atoms with E-state index < -0.39 is 17.9 Å². The standard InChI is InChI=1S/C27H22N2O4/c1-33-27(32)25(19-10-3-2-4-11-19)29-26(31)21-13-7-8-14-23(21)28-17-22-20-12-6-5-9-18(20)15-16-24(22)30/h2-17,25,30H,1H3,(H,29,31)/t25-/m1/s1. The van der Waals surface area contributed by atoms with Crippen LogP contribution in [0.4, 0.5) is 5.69 Å². The smallest absolute Gasteiger partial charge is 0.333 e. The van der Waals surface area contributed by atoms with Gasteiger partial charge in [0.15, 0.2) is 6.04 Å². The number of nitrogens with one attached hydrogen (secondary N) is 1. The first-order valence-electron chi connectivity index (χ1n) is 10.4. The fraction of sp³-hybridized carbons (Fsp3) is 0.0741. The van der Waals surface area contributed by atoms with Crippen LogP contribution >= 0.6 is 0 Å². The zero-order valence-corrected chi connectivity index (χ0v) is 17.9. The second kappa shape index (κ2) is 9.78. The maximum absolute atomic E-state index is 13.1. The van der Waals surface area contributed by atoms with Crippen LogP contribution in [0.3, 0.4) is 0 Å². The van der Waals surface area contributed by atoms with Crippen molar-refractivity contribution in [3.63, 3.8) is 0 Å². The zero-order valence-electron chi connectivity index (χ0n) is 17.9. The molecule has 2 N–H and O–H groups in total. The average Bonchev–Trinajstić information content (AvgIpc) is 2.86. The van der Waals surface area contributed by atoms with Gasteiger partial charge in [-0.2, -0.15) is 0 Å². The van der Waals surface area contributed by atoms with Crippen LogP contribution in [0.15, 0.2) is 96.0 Å². The molecule has 4 aromatic rings. The minimum absolute atomic E-state index is 0.0919. The molecule has 0 bridgehead atoms. The summed E-state index contributed by atoms with van der Waals surface area (Å²) in [5.41, 5.74) is 1.86. The number of benzene rings is 4. The molecule has 6 nitrogen and oxygen atoms in total. The Morgan fingerprint density at radius 1 is 0.909 bits per heavy atom. The molecule has 4 rings (SSSR count). The number of fused-ring (bicyclic) bond motifs is 1. The van der Waals surface area contributed by atoms with Crippen molar-refractivity contribution in [2.24, 2.45) is 4.99 Å². The van der Waals surface area contributed by atoms with Gasteiger partial charge in [0.2, 0.25) is 0 Å². The van der Waals surface area contributed by atoms with Gasteiger partial charge in [0.05, 0.1) is 18.4 Å². The summed E-state index contributed by atoms with van der Waals surface area (Å²) in [6, 6.07) is 25.8. The summed E-state index contributed by atoms with van der Waals surface area (Å²) in [6.07, 6.45) is 1.54. The lowest BCUT2D eigenvalue weighted by atomic mass is 10.0. The average molecular weight is 438 g/mol. The van der Waals surface area contributed by atoms with Crippen molar-refractivity contribution < 1.29 is 19.4 Å². The van der Waals surface area contributed by atoms with Gasteiger partial charge < -0.3 is 15.2 Å². The van der Waals surface area contributed by atoms with Gasteiger partial charge in [-0.3, -0.25) is 9.79 Å². The van der Waals surface area contributed by atoms with E-state index in [9.17, 15) is 14.7 Å². The summed E-state index contributed by atoms with van der Waals surface area (Å²) in [4.78, 5) is 30.0. The second-order valence-electron chi connectivity index (χ2n) is 7.34. The van der Waals surface area contributed by atoms with E-state index in [2.05, 4.69) is 10.3 Å². The first kappa shape index (κ1) is 21.8. The van der Waals surface area contributed by atoms with Crippen LogP contribution in [-0.2, 0) is 9.53 Å². The molecule has 0 spiro atoms. The topological polar surface area (TPSA) is 88.0 Å². The highest BCUT2D eigenvalue weighted by molar-refractivity contribution is 6.05. The summed E-state index contributed by atoms with van der Waals surface area (Å²) in [5.74, 6) is -0.949. The minimum Gasteiger partial charge on any atom is -0.507 e. The number of hydrogen-bond donors (Lipinski definition) is 2. The molecule has 4 aromatic carbocycles. The Hall–Kier alpha value is -4.45. The second-order valence-corrected chi connectivity index (χ2v) is 7.34. The van der Waals surface area contributed by atoms with E-state index >= 15 is 0 Å². The highest BCUT2D eigenvalue weighted by atomic mass is 16.5. The molecule has 0 radical (unpaired) electrons. The van der Waals surface area contributed by atoms with Crippen LogP contribution in [0, 0.1) is 0 Å². The Kier molecular flexibility index (Phi) is 6.45. The van der Waals surface area contributed by atoms with Crippen molar-refractivity contribution in [1.82, 2.24) is 5.32 Å². The van der Waals surface area contributed by atoms with E-state index in [1.807, 2.05) is 36.4 Å². The van der Waals surface area contributed by atoms with Gasteiger partial charge in [0.25, 0.3) is 5.91 Å². The molecule has 1 amide bonds. The largest absolute Gasteiger partial charge is 0.507 e. The molecule has 0 aliphatic rings. The van der Waals surface area contributed by atoms with Crippen molar-refractivity contribution >= 4 is 34.6 Å². The summed E-state index contributed by atoms with van der Waals surface area (Å²) < 4.78 is 4.88. The molecule has 0 unspecified atom stereocenters. The summed E-state index contributed by atoms with van der Waals surface area (Å²) in [6.45, 7) is 0. The molecule has 0 saturated carbocycles. The van der Waals surface area contributed by atoms with Crippen molar-refractivity contribution in [2.45, 2.75) is 6.04 Å². The molecule has 0 aromatic heterocycles. The van der Waals surface area contributed by atoms with E-state index in [1.165, 1.54) is 7.11 Å². The molecule has 1 atom stereocenters. The number of aliphatic imine (C=N–C) groups is 1. The summed E-state index contributed by atoms with van der Waals surface area (Å²) in [5, 5.41) is 14.9. The number of ether oxygens (including phenoxy) is 1. The lowest BCUT2D eigenvalue weighted by Crippen LogP contribution is -2.34. The number of para-hydroxylation sites is 1. The van der Waals surface area contributed by atoms with Crippen LogP contribution in [0.5, 0.6) is 5.75 Å². The fourth-order valence-corrected chi connectivity index (χ4v) is 3.58. The molecule has 0 fully saturated rings. The molecule has 0 saturated heterocycles. The molecule has 33 heavy (non-hydrogen) atoms. The lowest BCUT2D eigenvalue weighted by Gasteiger charge is -2.17. The third-order valence-electron chi connectivity index (χ3n) is 5.27. The molecule has 0 aliphatic carbocycles. The molecule has 0 aliphatic heterocycles. The number of phenolic OH excluding ortho intramolecular Hbond substituents is 1. The molecule has 6 heteroatoms.